The predicted molar refractivity (Wildman–Crippen MR) is 106 cm³/mol. The topological polar surface area (TPSA) is 70.5 Å². The maximum absolute atomic E-state index is 12.8. The number of benzene rings is 1. The molecule has 7 heteroatoms. The molecule has 2 heterocycles. The van der Waals surface area contributed by atoms with E-state index in [1.54, 1.807) is 43.0 Å². The Balaban J connectivity index is 1.79. The summed E-state index contributed by atoms with van der Waals surface area (Å²) in [4.78, 5) is 33.1. The van der Waals surface area contributed by atoms with Gasteiger partial charge in [-0.25, -0.2) is 4.98 Å². The fraction of sp³-hybridized carbons (Fsp3) is 0.450. The lowest BCUT2D eigenvalue weighted by Crippen LogP contribution is -2.51. The van der Waals surface area contributed by atoms with Crippen LogP contribution in [0.15, 0.2) is 47.5 Å². The Morgan fingerprint density at radius 1 is 1.30 bits per heavy atom. The fourth-order valence-electron chi connectivity index (χ4n) is 3.46. The number of aromatic nitrogens is 2. The summed E-state index contributed by atoms with van der Waals surface area (Å²) < 4.78 is 1.54. The molecule has 144 valence electrons. The summed E-state index contributed by atoms with van der Waals surface area (Å²) in [6, 6.07) is 9.45. The lowest BCUT2D eigenvalue weighted by Gasteiger charge is -2.36. The van der Waals surface area contributed by atoms with Crippen LogP contribution in [0, 0.1) is 0 Å². The summed E-state index contributed by atoms with van der Waals surface area (Å²) >= 11 is 0. The molecular formula is C20H27N5O2. The number of likely N-dealkylation sites (N-methyl/N-ethyl adjacent to an activating group) is 1. The summed E-state index contributed by atoms with van der Waals surface area (Å²) in [7, 11) is 5.27. The monoisotopic (exact) mass is 369 g/mol. The molecule has 1 saturated heterocycles. The van der Waals surface area contributed by atoms with Crippen molar-refractivity contribution >= 4 is 11.7 Å². The zero-order chi connectivity index (χ0) is 19.4. The fourth-order valence-corrected chi connectivity index (χ4v) is 3.46. The van der Waals surface area contributed by atoms with Crippen molar-refractivity contribution in [2.45, 2.75) is 24.9 Å². The van der Waals surface area contributed by atoms with Crippen LogP contribution >= 0.6 is 0 Å². The van der Waals surface area contributed by atoms with Gasteiger partial charge in [0.25, 0.3) is 5.56 Å². The van der Waals surface area contributed by atoms with Crippen LogP contribution in [0.3, 0.4) is 0 Å². The van der Waals surface area contributed by atoms with Crippen LogP contribution < -0.4 is 15.8 Å². The van der Waals surface area contributed by atoms with Gasteiger partial charge < -0.3 is 14.4 Å². The first-order valence-electron chi connectivity index (χ1n) is 9.26. The van der Waals surface area contributed by atoms with Crippen LogP contribution in [0.5, 0.6) is 0 Å². The second-order valence-corrected chi connectivity index (χ2v) is 7.20. The lowest BCUT2D eigenvalue weighted by molar-refractivity contribution is -0.131. The van der Waals surface area contributed by atoms with Crippen LogP contribution in [-0.4, -0.2) is 53.6 Å². The summed E-state index contributed by atoms with van der Waals surface area (Å²) in [5.74, 6) is 0.494. The summed E-state index contributed by atoms with van der Waals surface area (Å²) in [6.45, 7) is 1.44. The Kier molecular flexibility index (Phi) is 5.91. The molecule has 2 aromatic rings. The van der Waals surface area contributed by atoms with Crippen molar-refractivity contribution in [1.29, 1.82) is 0 Å². The van der Waals surface area contributed by atoms with Crippen LogP contribution in [-0.2, 0) is 11.8 Å². The first kappa shape index (κ1) is 19.1. The van der Waals surface area contributed by atoms with E-state index in [0.29, 0.717) is 12.4 Å². The minimum Gasteiger partial charge on any atom is -0.350 e. The van der Waals surface area contributed by atoms with Gasteiger partial charge >= 0.3 is 0 Å². The number of anilines is 1. The van der Waals surface area contributed by atoms with Crippen molar-refractivity contribution in [3.63, 3.8) is 0 Å². The Morgan fingerprint density at radius 2 is 2.04 bits per heavy atom. The first-order valence-corrected chi connectivity index (χ1v) is 9.26. The molecule has 1 amide bonds. The van der Waals surface area contributed by atoms with Crippen molar-refractivity contribution in [3.8, 4) is 0 Å². The second-order valence-electron chi connectivity index (χ2n) is 7.20. The van der Waals surface area contributed by atoms with Gasteiger partial charge in [0.15, 0.2) is 5.82 Å². The van der Waals surface area contributed by atoms with Crippen molar-refractivity contribution in [1.82, 2.24) is 19.8 Å². The maximum atomic E-state index is 12.8. The molecule has 3 rings (SSSR count). The van der Waals surface area contributed by atoms with E-state index in [2.05, 4.69) is 10.3 Å². The summed E-state index contributed by atoms with van der Waals surface area (Å²) in [6.07, 6.45) is 5.20. The average Bonchev–Trinajstić information content (AvgIpc) is 2.68. The molecular weight excluding hydrogens is 342 g/mol. The summed E-state index contributed by atoms with van der Waals surface area (Å²) in [5, 5.41) is 3.52. The Bertz CT molecular complexity index is 834. The number of nitrogens with zero attached hydrogens (tertiary/aromatic N) is 4. The number of amides is 1. The van der Waals surface area contributed by atoms with Gasteiger partial charge in [-0.15, -0.1) is 0 Å². The third-order valence-electron chi connectivity index (χ3n) is 4.94. The van der Waals surface area contributed by atoms with E-state index in [-0.39, 0.29) is 17.5 Å². The molecule has 2 atom stereocenters. The Morgan fingerprint density at radius 3 is 2.74 bits per heavy atom. The molecule has 1 aliphatic rings. The molecule has 7 nitrogen and oxygen atoms in total. The lowest BCUT2D eigenvalue weighted by atomic mass is 10.0. The molecule has 1 aromatic heterocycles. The first-order chi connectivity index (χ1) is 13.0. The van der Waals surface area contributed by atoms with Gasteiger partial charge in [-0.3, -0.25) is 14.9 Å². The standard InChI is InChI=1S/C20H27N5O2/c1-23(2)19(26)17(15-8-5-4-6-9-15)22-16-10-7-12-25(14-16)18-20(27)24(3)13-11-21-18/h4-6,8-9,11,13,16-17,22H,7,10,12,14H2,1-3H3. The third-order valence-corrected chi connectivity index (χ3v) is 4.94. The SMILES string of the molecule is CN(C)C(=O)C(NC1CCCN(c2nccn(C)c2=O)C1)c1ccccc1. The number of rotatable bonds is 5. The van der Waals surface area contributed by atoms with Crippen molar-refractivity contribution in [2.24, 2.45) is 7.05 Å². The number of carbonyl (C=O) groups is 1. The molecule has 2 unspecified atom stereocenters. The number of hydrogen-bond donors (Lipinski definition) is 1. The predicted octanol–water partition coefficient (Wildman–Crippen LogP) is 1.17. The van der Waals surface area contributed by atoms with E-state index in [1.807, 2.05) is 35.2 Å². The van der Waals surface area contributed by atoms with E-state index in [4.69, 9.17) is 0 Å². The highest BCUT2D eigenvalue weighted by Gasteiger charge is 2.29. The number of hydrogen-bond acceptors (Lipinski definition) is 5. The van der Waals surface area contributed by atoms with Crippen LogP contribution in [0.2, 0.25) is 0 Å². The van der Waals surface area contributed by atoms with Crippen LogP contribution in [0.25, 0.3) is 0 Å². The molecule has 1 N–H and O–H groups in total. The molecule has 27 heavy (non-hydrogen) atoms. The van der Waals surface area contributed by atoms with Crippen LogP contribution in [0.4, 0.5) is 5.82 Å². The van der Waals surface area contributed by atoms with Gasteiger partial charge in [0.2, 0.25) is 5.91 Å². The number of nitrogens with one attached hydrogen (secondary N) is 1. The highest BCUT2D eigenvalue weighted by Crippen LogP contribution is 2.20. The molecule has 0 saturated carbocycles. The largest absolute Gasteiger partial charge is 0.350 e. The molecule has 1 aliphatic heterocycles. The Labute approximate surface area is 159 Å². The molecule has 1 fully saturated rings. The van der Waals surface area contributed by atoms with Gasteiger partial charge in [-0.1, -0.05) is 30.3 Å². The molecule has 0 radical (unpaired) electrons. The average molecular weight is 369 g/mol. The van der Waals surface area contributed by atoms with Gasteiger partial charge in [-0.05, 0) is 18.4 Å². The summed E-state index contributed by atoms with van der Waals surface area (Å²) in [5.41, 5.74) is 0.851. The molecule has 0 spiro atoms. The third kappa shape index (κ3) is 4.36. The van der Waals surface area contributed by atoms with E-state index >= 15 is 0 Å². The zero-order valence-corrected chi connectivity index (χ0v) is 16.1. The van der Waals surface area contributed by atoms with Crippen molar-refractivity contribution < 1.29 is 4.79 Å². The zero-order valence-electron chi connectivity index (χ0n) is 16.1. The van der Waals surface area contributed by atoms with E-state index < -0.39 is 6.04 Å². The number of piperidine rings is 1. The molecule has 0 aliphatic carbocycles. The number of carbonyl (C=O) groups excluding carboxylic acids is 1. The smallest absolute Gasteiger partial charge is 0.293 e. The molecule has 1 aromatic carbocycles. The van der Waals surface area contributed by atoms with E-state index in [0.717, 1.165) is 24.9 Å². The number of aryl methyl sites for hydroxylation is 1. The van der Waals surface area contributed by atoms with Crippen molar-refractivity contribution in [3.05, 3.63) is 58.6 Å². The van der Waals surface area contributed by atoms with Gasteiger partial charge in [0, 0.05) is 52.7 Å². The quantitative estimate of drug-likeness (QED) is 0.857. The minimum absolute atomic E-state index is 0.0204. The van der Waals surface area contributed by atoms with E-state index in [1.165, 1.54) is 0 Å². The van der Waals surface area contributed by atoms with Crippen molar-refractivity contribution in [2.75, 3.05) is 32.1 Å². The highest BCUT2D eigenvalue weighted by molar-refractivity contribution is 5.82. The van der Waals surface area contributed by atoms with E-state index in [9.17, 15) is 9.59 Å². The second kappa shape index (κ2) is 8.35. The normalized spacial score (nSPS) is 18.2. The Hall–Kier alpha value is -2.67. The maximum Gasteiger partial charge on any atom is 0.293 e. The van der Waals surface area contributed by atoms with Gasteiger partial charge in [-0.2, -0.15) is 0 Å². The van der Waals surface area contributed by atoms with Crippen LogP contribution in [0.1, 0.15) is 24.4 Å². The van der Waals surface area contributed by atoms with Gasteiger partial charge in [0.05, 0.1) is 0 Å². The minimum atomic E-state index is -0.405. The molecule has 0 bridgehead atoms. The highest BCUT2D eigenvalue weighted by atomic mass is 16.2. The van der Waals surface area contributed by atoms with Gasteiger partial charge in [0.1, 0.15) is 6.04 Å².